The fraction of sp³-hybridized carbons (Fsp3) is 0.769. The minimum Gasteiger partial charge on any atom is -0.476 e. The highest BCUT2D eigenvalue weighted by molar-refractivity contribution is 5.84. The van der Waals surface area contributed by atoms with Crippen LogP contribution in [-0.2, 0) is 0 Å². The molecule has 0 bridgehead atoms. The highest BCUT2D eigenvalue weighted by Crippen LogP contribution is 2.33. The molecule has 3 rings (SSSR count). The molecule has 0 amide bonds. The number of nitrogens with zero attached hydrogens (tertiary/aromatic N) is 4. The van der Waals surface area contributed by atoms with Gasteiger partial charge in [0.1, 0.15) is 0 Å². The van der Waals surface area contributed by atoms with Crippen molar-refractivity contribution in [1.82, 2.24) is 19.9 Å². The van der Waals surface area contributed by atoms with E-state index in [9.17, 15) is 4.79 Å². The SMILES string of the molecule is CC1CCCCC1N1CC(n2cc(C(=O)O)nn2)C1. The molecule has 2 aliphatic rings. The number of hydrogen-bond donors (Lipinski definition) is 1. The normalized spacial score (nSPS) is 29.1. The number of aromatic carboxylic acids is 1. The molecule has 2 atom stereocenters. The Labute approximate surface area is 112 Å². The van der Waals surface area contributed by atoms with Crippen LogP contribution in [0.2, 0.25) is 0 Å². The Kier molecular flexibility index (Phi) is 3.26. The van der Waals surface area contributed by atoms with Crippen LogP contribution in [0.4, 0.5) is 0 Å². The molecule has 104 valence electrons. The van der Waals surface area contributed by atoms with E-state index < -0.39 is 5.97 Å². The Balaban J connectivity index is 1.58. The number of carboxylic acid groups (broad SMARTS) is 1. The van der Waals surface area contributed by atoms with Crippen molar-refractivity contribution < 1.29 is 9.90 Å². The van der Waals surface area contributed by atoms with Gasteiger partial charge in [-0.25, -0.2) is 9.48 Å². The molecule has 1 saturated heterocycles. The van der Waals surface area contributed by atoms with Crippen molar-refractivity contribution in [2.75, 3.05) is 13.1 Å². The summed E-state index contributed by atoms with van der Waals surface area (Å²) in [7, 11) is 0. The summed E-state index contributed by atoms with van der Waals surface area (Å²) in [6.45, 7) is 4.28. The second-order valence-corrected chi connectivity index (χ2v) is 5.83. The first-order chi connectivity index (χ1) is 9.15. The van der Waals surface area contributed by atoms with Crippen molar-refractivity contribution in [1.29, 1.82) is 0 Å². The lowest BCUT2D eigenvalue weighted by Gasteiger charge is -2.47. The second kappa shape index (κ2) is 4.92. The van der Waals surface area contributed by atoms with Gasteiger partial charge in [0.15, 0.2) is 5.69 Å². The number of likely N-dealkylation sites (tertiary alicyclic amines) is 1. The lowest BCUT2D eigenvalue weighted by atomic mass is 9.83. The maximum atomic E-state index is 10.8. The van der Waals surface area contributed by atoms with Crippen LogP contribution in [0.3, 0.4) is 0 Å². The summed E-state index contributed by atoms with van der Waals surface area (Å²) >= 11 is 0. The molecule has 2 fully saturated rings. The summed E-state index contributed by atoms with van der Waals surface area (Å²) in [4.78, 5) is 13.3. The van der Waals surface area contributed by atoms with Crippen molar-refractivity contribution in [3.05, 3.63) is 11.9 Å². The molecule has 6 heteroatoms. The van der Waals surface area contributed by atoms with E-state index in [2.05, 4.69) is 22.1 Å². The Morgan fingerprint density at radius 2 is 2.11 bits per heavy atom. The molecule has 6 nitrogen and oxygen atoms in total. The summed E-state index contributed by atoms with van der Waals surface area (Å²) in [5, 5.41) is 16.4. The molecule has 1 aromatic heterocycles. The van der Waals surface area contributed by atoms with Gasteiger partial charge in [-0.15, -0.1) is 5.10 Å². The third kappa shape index (κ3) is 2.36. The zero-order valence-electron chi connectivity index (χ0n) is 11.2. The lowest BCUT2D eigenvalue weighted by Crippen LogP contribution is -2.55. The second-order valence-electron chi connectivity index (χ2n) is 5.83. The van der Waals surface area contributed by atoms with Crippen LogP contribution >= 0.6 is 0 Å². The van der Waals surface area contributed by atoms with Gasteiger partial charge in [0, 0.05) is 19.1 Å². The zero-order chi connectivity index (χ0) is 13.4. The van der Waals surface area contributed by atoms with Gasteiger partial charge in [-0.2, -0.15) is 0 Å². The standard InChI is InChI=1S/C13H20N4O2/c1-9-4-2-3-5-12(9)16-6-10(7-16)17-8-11(13(18)19)14-15-17/h8-10,12H,2-7H2,1H3,(H,18,19). The van der Waals surface area contributed by atoms with Gasteiger partial charge in [0.05, 0.1) is 12.2 Å². The van der Waals surface area contributed by atoms with E-state index in [1.165, 1.54) is 31.9 Å². The van der Waals surface area contributed by atoms with Gasteiger partial charge in [-0.05, 0) is 18.8 Å². The molecule has 1 aromatic rings. The van der Waals surface area contributed by atoms with Crippen LogP contribution in [0.5, 0.6) is 0 Å². The van der Waals surface area contributed by atoms with Crippen molar-refractivity contribution in [2.45, 2.75) is 44.7 Å². The van der Waals surface area contributed by atoms with Crippen LogP contribution in [0.25, 0.3) is 0 Å². The summed E-state index contributed by atoms with van der Waals surface area (Å²) in [5.74, 6) is -0.233. The van der Waals surface area contributed by atoms with Crippen LogP contribution < -0.4 is 0 Å². The van der Waals surface area contributed by atoms with E-state index in [4.69, 9.17) is 5.11 Å². The van der Waals surface area contributed by atoms with E-state index in [1.807, 2.05) is 0 Å². The van der Waals surface area contributed by atoms with E-state index in [-0.39, 0.29) is 11.7 Å². The number of carbonyl (C=O) groups is 1. The molecular formula is C13H20N4O2. The van der Waals surface area contributed by atoms with Crippen molar-refractivity contribution >= 4 is 5.97 Å². The molecule has 19 heavy (non-hydrogen) atoms. The van der Waals surface area contributed by atoms with Crippen molar-refractivity contribution in [2.24, 2.45) is 5.92 Å². The molecular weight excluding hydrogens is 244 g/mol. The van der Waals surface area contributed by atoms with Gasteiger partial charge in [0.25, 0.3) is 0 Å². The predicted octanol–water partition coefficient (Wildman–Crippen LogP) is 1.41. The largest absolute Gasteiger partial charge is 0.476 e. The molecule has 1 saturated carbocycles. The highest BCUT2D eigenvalue weighted by Gasteiger charge is 2.37. The molecule has 1 N–H and O–H groups in total. The Morgan fingerprint density at radius 1 is 1.37 bits per heavy atom. The average Bonchev–Trinajstić information content (AvgIpc) is 2.79. The van der Waals surface area contributed by atoms with Crippen molar-refractivity contribution in [3.8, 4) is 0 Å². The van der Waals surface area contributed by atoms with Gasteiger partial charge in [-0.1, -0.05) is 25.0 Å². The highest BCUT2D eigenvalue weighted by atomic mass is 16.4. The third-order valence-electron chi connectivity index (χ3n) is 4.53. The molecule has 2 heterocycles. The first-order valence-corrected chi connectivity index (χ1v) is 7.04. The molecule has 1 aliphatic carbocycles. The minimum absolute atomic E-state index is 0.0319. The number of hydrogen-bond acceptors (Lipinski definition) is 4. The van der Waals surface area contributed by atoms with Gasteiger partial charge >= 0.3 is 5.97 Å². The quantitative estimate of drug-likeness (QED) is 0.893. The summed E-state index contributed by atoms with van der Waals surface area (Å²) < 4.78 is 1.70. The van der Waals surface area contributed by atoms with Gasteiger partial charge in [-0.3, -0.25) is 4.90 Å². The Morgan fingerprint density at radius 3 is 2.74 bits per heavy atom. The van der Waals surface area contributed by atoms with Gasteiger partial charge in [0.2, 0.25) is 0 Å². The zero-order valence-corrected chi connectivity index (χ0v) is 11.2. The van der Waals surface area contributed by atoms with Crippen LogP contribution in [0, 0.1) is 5.92 Å². The van der Waals surface area contributed by atoms with Gasteiger partial charge < -0.3 is 5.11 Å². The van der Waals surface area contributed by atoms with Crippen LogP contribution in [0.1, 0.15) is 49.1 Å². The summed E-state index contributed by atoms with van der Waals surface area (Å²) in [6.07, 6.45) is 6.86. The molecule has 0 aromatic carbocycles. The molecule has 0 spiro atoms. The van der Waals surface area contributed by atoms with E-state index in [1.54, 1.807) is 4.68 Å². The number of carboxylic acids is 1. The van der Waals surface area contributed by atoms with E-state index in [0.29, 0.717) is 6.04 Å². The maximum absolute atomic E-state index is 10.8. The Bertz CT molecular complexity index is 467. The average molecular weight is 264 g/mol. The smallest absolute Gasteiger partial charge is 0.358 e. The molecule has 1 aliphatic heterocycles. The van der Waals surface area contributed by atoms with Crippen LogP contribution in [0.15, 0.2) is 6.20 Å². The molecule has 0 radical (unpaired) electrons. The molecule has 2 unspecified atom stereocenters. The fourth-order valence-corrected chi connectivity index (χ4v) is 3.32. The maximum Gasteiger partial charge on any atom is 0.358 e. The van der Waals surface area contributed by atoms with E-state index in [0.717, 1.165) is 19.0 Å². The monoisotopic (exact) mass is 264 g/mol. The fourth-order valence-electron chi connectivity index (χ4n) is 3.32. The first-order valence-electron chi connectivity index (χ1n) is 7.04. The summed E-state index contributed by atoms with van der Waals surface area (Å²) in [5.41, 5.74) is 0.0319. The lowest BCUT2D eigenvalue weighted by molar-refractivity contribution is 0.0117. The number of aromatic nitrogens is 3. The van der Waals surface area contributed by atoms with E-state index >= 15 is 0 Å². The third-order valence-corrected chi connectivity index (χ3v) is 4.53. The predicted molar refractivity (Wildman–Crippen MR) is 69.0 cm³/mol. The van der Waals surface area contributed by atoms with Crippen LogP contribution in [-0.4, -0.2) is 50.1 Å². The number of rotatable bonds is 3. The first kappa shape index (κ1) is 12.6. The minimum atomic E-state index is -1.01. The summed E-state index contributed by atoms with van der Waals surface area (Å²) in [6, 6.07) is 0.988. The Hall–Kier alpha value is -1.43. The van der Waals surface area contributed by atoms with Crippen molar-refractivity contribution in [3.63, 3.8) is 0 Å². The topological polar surface area (TPSA) is 71.2 Å².